The molecule has 1 amide bonds. The Labute approximate surface area is 189 Å². The summed E-state index contributed by atoms with van der Waals surface area (Å²) in [5.74, 6) is 1.53. The highest BCUT2D eigenvalue weighted by Crippen LogP contribution is 2.41. The Morgan fingerprint density at radius 2 is 1.70 bits per heavy atom. The third-order valence-electron chi connectivity index (χ3n) is 6.41. The minimum absolute atomic E-state index is 0.0462. The molecule has 0 bridgehead atoms. The van der Waals surface area contributed by atoms with Crippen LogP contribution in [0.1, 0.15) is 29.4 Å². The lowest BCUT2D eigenvalue weighted by molar-refractivity contribution is 0.0690. The topological polar surface area (TPSA) is 102 Å². The van der Waals surface area contributed by atoms with E-state index in [0.717, 1.165) is 16.4 Å². The van der Waals surface area contributed by atoms with Gasteiger partial charge in [-0.1, -0.05) is 12.1 Å². The first-order valence-corrected chi connectivity index (χ1v) is 10.9. The number of aromatic amines is 2. The first-order chi connectivity index (χ1) is 16.0. The number of ether oxygens (including phenoxy) is 3. The molecule has 0 spiro atoms. The summed E-state index contributed by atoms with van der Waals surface area (Å²) < 4.78 is 18.2. The Balaban J connectivity index is 1.40. The lowest BCUT2D eigenvalue weighted by Crippen LogP contribution is -2.40. The van der Waals surface area contributed by atoms with E-state index in [-0.39, 0.29) is 17.6 Å². The summed E-state index contributed by atoms with van der Waals surface area (Å²) in [6, 6.07) is 11.3. The molecule has 9 heteroatoms. The third-order valence-corrected chi connectivity index (χ3v) is 6.41. The maximum atomic E-state index is 13.3. The zero-order chi connectivity index (χ0) is 23.1. The van der Waals surface area contributed by atoms with Gasteiger partial charge in [0.1, 0.15) is 11.4 Å². The van der Waals surface area contributed by atoms with Crippen molar-refractivity contribution in [2.45, 2.75) is 18.9 Å². The zero-order valence-corrected chi connectivity index (χ0v) is 18.8. The molecule has 9 nitrogen and oxygen atoms in total. The van der Waals surface area contributed by atoms with Gasteiger partial charge in [-0.15, -0.1) is 0 Å². The number of H-pyrrole nitrogens is 2. The normalized spacial score (nSPS) is 14.7. The molecule has 1 saturated heterocycles. The van der Waals surface area contributed by atoms with Crippen molar-refractivity contribution in [3.05, 3.63) is 52.6 Å². The van der Waals surface area contributed by atoms with Crippen molar-refractivity contribution in [2.75, 3.05) is 34.4 Å². The molecular formula is C24H26N4O5. The minimum Gasteiger partial charge on any atom is -0.496 e. The summed E-state index contributed by atoms with van der Waals surface area (Å²) >= 11 is 0. The Bertz CT molecular complexity index is 1390. The molecular weight excluding hydrogens is 424 g/mol. The number of rotatable bonds is 5. The van der Waals surface area contributed by atoms with Gasteiger partial charge in [-0.25, -0.2) is 4.79 Å². The second kappa shape index (κ2) is 8.23. The van der Waals surface area contributed by atoms with E-state index in [1.807, 2.05) is 33.7 Å². The number of hydrogen-bond donors (Lipinski definition) is 2. The van der Waals surface area contributed by atoms with Crippen LogP contribution in [0.25, 0.3) is 21.9 Å². The molecule has 2 aromatic carbocycles. The van der Waals surface area contributed by atoms with Gasteiger partial charge in [0.25, 0.3) is 5.91 Å². The molecule has 0 unspecified atom stereocenters. The fraction of sp³-hybridized carbons (Fsp3) is 0.333. The first kappa shape index (κ1) is 21.0. The molecule has 1 aliphatic heterocycles. The first-order valence-electron chi connectivity index (χ1n) is 10.9. The van der Waals surface area contributed by atoms with Crippen molar-refractivity contribution < 1.29 is 19.0 Å². The molecule has 4 aromatic rings. The van der Waals surface area contributed by atoms with E-state index in [1.165, 1.54) is 0 Å². The van der Waals surface area contributed by atoms with Gasteiger partial charge < -0.3 is 29.1 Å². The van der Waals surface area contributed by atoms with Crippen LogP contribution in [0.2, 0.25) is 0 Å². The van der Waals surface area contributed by atoms with Gasteiger partial charge in [0.2, 0.25) is 0 Å². The van der Waals surface area contributed by atoms with Crippen molar-refractivity contribution >= 4 is 27.8 Å². The van der Waals surface area contributed by atoms with Gasteiger partial charge in [-0.3, -0.25) is 9.36 Å². The summed E-state index contributed by atoms with van der Waals surface area (Å²) in [5.41, 5.74) is 2.73. The van der Waals surface area contributed by atoms with E-state index < -0.39 is 0 Å². The van der Waals surface area contributed by atoms with E-state index in [9.17, 15) is 9.59 Å². The van der Waals surface area contributed by atoms with Crippen molar-refractivity contribution in [3.8, 4) is 17.2 Å². The fourth-order valence-electron chi connectivity index (χ4n) is 4.79. The van der Waals surface area contributed by atoms with E-state index in [2.05, 4.69) is 9.97 Å². The Morgan fingerprint density at radius 1 is 0.970 bits per heavy atom. The maximum Gasteiger partial charge on any atom is 0.326 e. The third kappa shape index (κ3) is 3.40. The van der Waals surface area contributed by atoms with Crippen LogP contribution in [-0.2, 0) is 0 Å². The number of carbonyl (C=O) groups is 1. The predicted molar refractivity (Wildman–Crippen MR) is 125 cm³/mol. The molecule has 33 heavy (non-hydrogen) atoms. The highest BCUT2D eigenvalue weighted by atomic mass is 16.5. The Morgan fingerprint density at radius 3 is 2.39 bits per heavy atom. The molecule has 0 aliphatic carbocycles. The fourth-order valence-corrected chi connectivity index (χ4v) is 4.79. The number of carbonyl (C=O) groups excluding carboxylic acids is 1. The van der Waals surface area contributed by atoms with Crippen LogP contribution < -0.4 is 19.9 Å². The summed E-state index contributed by atoms with van der Waals surface area (Å²) in [5, 5.41) is 0.749. The average Bonchev–Trinajstić information content (AvgIpc) is 3.43. The van der Waals surface area contributed by atoms with Crippen LogP contribution in [-0.4, -0.2) is 59.8 Å². The van der Waals surface area contributed by atoms with Gasteiger partial charge >= 0.3 is 5.69 Å². The Hall–Kier alpha value is -3.88. The molecule has 3 heterocycles. The highest BCUT2D eigenvalue weighted by Gasteiger charge is 2.28. The summed E-state index contributed by atoms with van der Waals surface area (Å²) in [6.45, 7) is 1.12. The standard InChI is InChI=1S/C24H26N4O5/c1-31-19-13-20(32-2)22(33-3)21-15(19)12-17(25-21)23(29)27-10-8-14(9-11-27)28-18-7-5-4-6-16(18)26-24(28)30/h4-7,12-14,25H,8-11H2,1-3H3,(H,26,30). The number of aromatic nitrogens is 3. The van der Waals surface area contributed by atoms with E-state index in [1.54, 1.807) is 33.5 Å². The molecule has 2 N–H and O–H groups in total. The lowest BCUT2D eigenvalue weighted by atomic mass is 10.0. The van der Waals surface area contributed by atoms with Crippen LogP contribution in [0.5, 0.6) is 17.2 Å². The molecule has 0 atom stereocenters. The molecule has 172 valence electrons. The molecule has 2 aromatic heterocycles. The van der Waals surface area contributed by atoms with Crippen molar-refractivity contribution in [1.29, 1.82) is 0 Å². The highest BCUT2D eigenvalue weighted by molar-refractivity contribution is 6.02. The number of imidazole rings is 1. The molecule has 0 radical (unpaired) electrons. The number of para-hydroxylation sites is 2. The van der Waals surface area contributed by atoms with Crippen LogP contribution in [0, 0.1) is 0 Å². The second-order valence-corrected chi connectivity index (χ2v) is 8.13. The number of nitrogens with zero attached hydrogens (tertiary/aromatic N) is 2. The lowest BCUT2D eigenvalue weighted by Gasteiger charge is -2.32. The number of hydrogen-bond acceptors (Lipinski definition) is 5. The van der Waals surface area contributed by atoms with Gasteiger partial charge in [0.15, 0.2) is 11.5 Å². The van der Waals surface area contributed by atoms with Crippen molar-refractivity contribution in [3.63, 3.8) is 0 Å². The molecule has 0 saturated carbocycles. The van der Waals surface area contributed by atoms with E-state index in [4.69, 9.17) is 14.2 Å². The van der Waals surface area contributed by atoms with Crippen LogP contribution in [0.3, 0.4) is 0 Å². The number of methoxy groups -OCH3 is 3. The molecule has 1 aliphatic rings. The van der Waals surface area contributed by atoms with E-state index in [0.29, 0.717) is 54.4 Å². The van der Waals surface area contributed by atoms with Gasteiger partial charge in [0, 0.05) is 30.6 Å². The van der Waals surface area contributed by atoms with Gasteiger partial charge in [0.05, 0.1) is 37.9 Å². The number of piperidine rings is 1. The maximum absolute atomic E-state index is 13.3. The van der Waals surface area contributed by atoms with Gasteiger partial charge in [-0.05, 0) is 31.0 Å². The molecule has 1 fully saturated rings. The number of likely N-dealkylation sites (tertiary alicyclic amines) is 1. The van der Waals surface area contributed by atoms with E-state index >= 15 is 0 Å². The number of fused-ring (bicyclic) bond motifs is 2. The predicted octanol–water partition coefficient (Wildman–Crippen LogP) is 3.31. The van der Waals surface area contributed by atoms with Gasteiger partial charge in [-0.2, -0.15) is 0 Å². The van der Waals surface area contributed by atoms with Crippen molar-refractivity contribution in [1.82, 2.24) is 19.4 Å². The average molecular weight is 450 g/mol. The summed E-state index contributed by atoms with van der Waals surface area (Å²) in [6.07, 6.45) is 1.41. The Kier molecular flexibility index (Phi) is 5.24. The van der Waals surface area contributed by atoms with Crippen molar-refractivity contribution in [2.24, 2.45) is 0 Å². The second-order valence-electron chi connectivity index (χ2n) is 8.13. The SMILES string of the molecule is COc1cc(OC)c2cc(C(=O)N3CCC(n4c(=O)[nH]c5ccccc54)CC3)[nH]c2c1OC. The largest absolute Gasteiger partial charge is 0.496 e. The van der Waals surface area contributed by atoms with Crippen LogP contribution >= 0.6 is 0 Å². The molecule has 5 rings (SSSR count). The number of amides is 1. The zero-order valence-electron chi connectivity index (χ0n) is 18.8. The van der Waals surface area contributed by atoms with Crippen LogP contribution in [0.4, 0.5) is 0 Å². The number of nitrogens with one attached hydrogen (secondary N) is 2. The monoisotopic (exact) mass is 450 g/mol. The summed E-state index contributed by atoms with van der Waals surface area (Å²) in [4.78, 5) is 33.8. The summed E-state index contributed by atoms with van der Waals surface area (Å²) in [7, 11) is 4.69. The number of benzene rings is 2. The smallest absolute Gasteiger partial charge is 0.326 e. The minimum atomic E-state index is -0.107. The quantitative estimate of drug-likeness (QED) is 0.486. The van der Waals surface area contributed by atoms with Crippen LogP contribution in [0.15, 0.2) is 41.2 Å².